The van der Waals surface area contributed by atoms with E-state index in [2.05, 4.69) is 0 Å². The molecule has 114 valence electrons. The van der Waals surface area contributed by atoms with Crippen molar-refractivity contribution in [2.24, 2.45) is 0 Å². The van der Waals surface area contributed by atoms with Crippen LogP contribution in [0.15, 0.2) is 34.1 Å². The van der Waals surface area contributed by atoms with Gasteiger partial charge in [-0.25, -0.2) is 0 Å². The van der Waals surface area contributed by atoms with E-state index in [9.17, 15) is 28.2 Å². The predicted molar refractivity (Wildman–Crippen MR) is 72.3 cm³/mol. The third kappa shape index (κ3) is 2.21. The van der Waals surface area contributed by atoms with Crippen LogP contribution in [0.25, 0.3) is 11.0 Å². The molecule has 0 amide bonds. The van der Waals surface area contributed by atoms with Gasteiger partial charge in [-0.1, -0.05) is 6.07 Å². The highest BCUT2D eigenvalue weighted by atomic mass is 32.1. The van der Waals surface area contributed by atoms with Gasteiger partial charge in [0, 0.05) is 11.5 Å². The molecule has 0 fully saturated rings. The Morgan fingerprint density at radius 1 is 1.18 bits per heavy atom. The fraction of sp³-hybridized carbons (Fsp3) is 0.0714. The number of alkyl halides is 3. The Morgan fingerprint density at radius 2 is 1.86 bits per heavy atom. The number of hydrogen-bond acceptors (Lipinski definition) is 5. The highest BCUT2D eigenvalue weighted by molar-refractivity contribution is 7.12. The first-order valence-electron chi connectivity index (χ1n) is 5.93. The number of halogens is 3. The molecule has 0 unspecified atom stereocenters. The lowest BCUT2D eigenvalue weighted by molar-refractivity contribution is -0.152. The molecule has 0 saturated carbocycles. The van der Waals surface area contributed by atoms with E-state index < -0.39 is 34.8 Å². The van der Waals surface area contributed by atoms with Crippen LogP contribution >= 0.6 is 11.3 Å². The molecule has 4 nitrogen and oxygen atoms in total. The number of rotatable bonds is 2. The molecule has 0 spiro atoms. The first kappa shape index (κ1) is 14.5. The van der Waals surface area contributed by atoms with E-state index in [0.717, 1.165) is 23.5 Å². The number of aromatic hydroxyl groups is 2. The number of phenolic OH excluding ortho intramolecular Hbond substituents is 2. The number of furan rings is 1. The summed E-state index contributed by atoms with van der Waals surface area (Å²) in [5.41, 5.74) is -1.01. The van der Waals surface area contributed by atoms with Gasteiger partial charge in [0.1, 0.15) is 5.58 Å². The molecule has 0 atom stereocenters. The molecule has 0 aliphatic rings. The molecular formula is C14H7F3O4S. The minimum atomic E-state index is -4.88. The van der Waals surface area contributed by atoms with Crippen molar-refractivity contribution in [1.29, 1.82) is 0 Å². The van der Waals surface area contributed by atoms with Crippen molar-refractivity contribution in [3.8, 4) is 11.5 Å². The van der Waals surface area contributed by atoms with E-state index in [1.165, 1.54) is 12.1 Å². The van der Waals surface area contributed by atoms with Gasteiger partial charge in [-0.15, -0.1) is 11.3 Å². The van der Waals surface area contributed by atoms with Gasteiger partial charge in [-0.05, 0) is 17.5 Å². The highest BCUT2D eigenvalue weighted by Gasteiger charge is 2.41. The summed E-state index contributed by atoms with van der Waals surface area (Å²) in [4.78, 5) is 12.5. The van der Waals surface area contributed by atoms with Crippen molar-refractivity contribution in [1.82, 2.24) is 0 Å². The summed E-state index contributed by atoms with van der Waals surface area (Å²) in [5.74, 6) is -3.58. The second kappa shape index (κ2) is 4.77. The van der Waals surface area contributed by atoms with Crippen LogP contribution in [0.1, 0.15) is 21.0 Å². The van der Waals surface area contributed by atoms with Crippen molar-refractivity contribution in [2.45, 2.75) is 6.18 Å². The smallest absolute Gasteiger partial charge is 0.450 e. The van der Waals surface area contributed by atoms with Gasteiger partial charge in [0.05, 0.1) is 10.4 Å². The molecule has 2 aromatic heterocycles. The van der Waals surface area contributed by atoms with E-state index in [1.807, 2.05) is 0 Å². The molecule has 0 aliphatic heterocycles. The van der Waals surface area contributed by atoms with Gasteiger partial charge >= 0.3 is 6.18 Å². The SMILES string of the molecule is O=C(c1cccs1)c1c(C(F)(F)F)oc2cc(O)c(O)cc12. The Bertz CT molecular complexity index is 862. The maximum absolute atomic E-state index is 13.1. The summed E-state index contributed by atoms with van der Waals surface area (Å²) >= 11 is 0.994. The van der Waals surface area contributed by atoms with Crippen LogP contribution in [0.4, 0.5) is 13.2 Å². The Morgan fingerprint density at radius 3 is 2.45 bits per heavy atom. The number of ketones is 1. The molecule has 0 aliphatic carbocycles. The molecule has 3 aromatic rings. The lowest BCUT2D eigenvalue weighted by Gasteiger charge is -2.05. The summed E-state index contributed by atoms with van der Waals surface area (Å²) in [7, 11) is 0. The van der Waals surface area contributed by atoms with Crippen molar-refractivity contribution in [3.05, 3.63) is 45.8 Å². The average Bonchev–Trinajstić information content (AvgIpc) is 3.05. The largest absolute Gasteiger partial charge is 0.504 e. The monoisotopic (exact) mass is 328 g/mol. The zero-order valence-corrected chi connectivity index (χ0v) is 11.5. The van der Waals surface area contributed by atoms with Gasteiger partial charge in [0.15, 0.2) is 11.5 Å². The second-order valence-electron chi connectivity index (χ2n) is 4.45. The number of carbonyl (C=O) groups excluding carboxylic acids is 1. The van der Waals surface area contributed by atoms with E-state index >= 15 is 0 Å². The Hall–Kier alpha value is -2.48. The lowest BCUT2D eigenvalue weighted by atomic mass is 10.0. The summed E-state index contributed by atoms with van der Waals surface area (Å²) in [6, 6.07) is 4.65. The van der Waals surface area contributed by atoms with E-state index in [4.69, 9.17) is 4.42 Å². The average molecular weight is 328 g/mol. The van der Waals surface area contributed by atoms with Crippen LogP contribution < -0.4 is 0 Å². The van der Waals surface area contributed by atoms with Crippen LogP contribution in [0.2, 0.25) is 0 Å². The number of phenols is 2. The molecule has 2 heterocycles. The molecule has 2 N–H and O–H groups in total. The topological polar surface area (TPSA) is 70.7 Å². The molecule has 3 rings (SSSR count). The fourth-order valence-corrected chi connectivity index (χ4v) is 2.75. The zero-order valence-electron chi connectivity index (χ0n) is 10.6. The Kier molecular flexibility index (Phi) is 3.13. The van der Waals surface area contributed by atoms with E-state index in [0.29, 0.717) is 0 Å². The van der Waals surface area contributed by atoms with Crippen LogP contribution in [0.3, 0.4) is 0 Å². The third-order valence-corrected chi connectivity index (χ3v) is 3.88. The number of thiophene rings is 1. The first-order valence-corrected chi connectivity index (χ1v) is 6.81. The molecule has 8 heteroatoms. The van der Waals surface area contributed by atoms with Gasteiger partial charge in [-0.3, -0.25) is 4.79 Å². The number of fused-ring (bicyclic) bond motifs is 1. The molecule has 1 aromatic carbocycles. The van der Waals surface area contributed by atoms with Crippen molar-refractivity contribution in [3.63, 3.8) is 0 Å². The van der Waals surface area contributed by atoms with Crippen molar-refractivity contribution < 1.29 is 32.6 Å². The minimum absolute atomic E-state index is 0.112. The summed E-state index contributed by atoms with van der Waals surface area (Å²) in [6.45, 7) is 0. The minimum Gasteiger partial charge on any atom is -0.504 e. The quantitative estimate of drug-likeness (QED) is 0.547. The maximum atomic E-state index is 13.1. The van der Waals surface area contributed by atoms with Crippen molar-refractivity contribution in [2.75, 3.05) is 0 Å². The summed E-state index contributed by atoms with van der Waals surface area (Å²) in [6.07, 6.45) is -4.88. The normalized spacial score (nSPS) is 12.0. The number of carbonyl (C=O) groups is 1. The summed E-state index contributed by atoms with van der Waals surface area (Å²) < 4.78 is 44.1. The maximum Gasteiger partial charge on any atom is 0.450 e. The zero-order chi connectivity index (χ0) is 16.1. The Labute approximate surface area is 125 Å². The Balaban J connectivity index is 2.34. The van der Waals surface area contributed by atoms with Gasteiger partial charge in [0.25, 0.3) is 0 Å². The lowest BCUT2D eigenvalue weighted by Crippen LogP contribution is -2.10. The first-order chi connectivity index (χ1) is 10.3. The van der Waals surface area contributed by atoms with Crippen LogP contribution in [0, 0.1) is 0 Å². The molecular weight excluding hydrogens is 321 g/mol. The number of benzene rings is 1. The van der Waals surface area contributed by atoms with Crippen LogP contribution in [0.5, 0.6) is 11.5 Å². The van der Waals surface area contributed by atoms with Crippen LogP contribution in [-0.2, 0) is 6.18 Å². The summed E-state index contributed by atoms with van der Waals surface area (Å²) in [5, 5.41) is 20.2. The van der Waals surface area contributed by atoms with E-state index in [1.54, 1.807) is 5.38 Å². The molecule has 0 saturated heterocycles. The van der Waals surface area contributed by atoms with Crippen LogP contribution in [-0.4, -0.2) is 16.0 Å². The molecule has 22 heavy (non-hydrogen) atoms. The van der Waals surface area contributed by atoms with Crippen molar-refractivity contribution >= 4 is 28.1 Å². The third-order valence-electron chi connectivity index (χ3n) is 3.01. The van der Waals surface area contributed by atoms with Gasteiger partial charge in [0.2, 0.25) is 11.5 Å². The highest BCUT2D eigenvalue weighted by Crippen LogP contribution is 2.42. The number of hydrogen-bond donors (Lipinski definition) is 2. The second-order valence-corrected chi connectivity index (χ2v) is 5.40. The molecule has 0 radical (unpaired) electrons. The van der Waals surface area contributed by atoms with Gasteiger partial charge < -0.3 is 14.6 Å². The van der Waals surface area contributed by atoms with Gasteiger partial charge in [-0.2, -0.15) is 13.2 Å². The van der Waals surface area contributed by atoms with E-state index in [-0.39, 0.29) is 15.8 Å². The molecule has 0 bridgehead atoms. The fourth-order valence-electron chi connectivity index (χ4n) is 2.08. The predicted octanol–water partition coefficient (Wildman–Crippen LogP) is 4.16. The standard InChI is InChI=1S/C14H7F3O4S/c15-14(16,17)13-11(12(20)10-2-1-3-22-10)6-4-7(18)8(19)5-9(6)21-13/h1-5,18-19H.